The van der Waals surface area contributed by atoms with Crippen LogP contribution in [0.1, 0.15) is 27.4 Å². The van der Waals surface area contributed by atoms with Crippen molar-refractivity contribution in [2.45, 2.75) is 19.7 Å². The van der Waals surface area contributed by atoms with Gasteiger partial charge in [-0.25, -0.2) is 9.97 Å². The molecular formula is C25H24ClN5O3. The Kier molecular flexibility index (Phi) is 7.41. The summed E-state index contributed by atoms with van der Waals surface area (Å²) in [4.78, 5) is 21.3. The van der Waals surface area contributed by atoms with Crippen LogP contribution in [0.2, 0.25) is 5.02 Å². The molecule has 4 rings (SSSR count). The molecule has 2 heterocycles. The van der Waals surface area contributed by atoms with Crippen molar-refractivity contribution in [1.82, 2.24) is 19.9 Å². The monoisotopic (exact) mass is 477 g/mol. The Morgan fingerprint density at radius 3 is 2.65 bits per heavy atom. The first-order valence-corrected chi connectivity index (χ1v) is 11.0. The van der Waals surface area contributed by atoms with E-state index in [0.717, 1.165) is 16.9 Å². The van der Waals surface area contributed by atoms with Gasteiger partial charge in [-0.2, -0.15) is 0 Å². The SMILES string of the molecule is COc1ccc(CNc2cc(-n3cccc3CO)ccc2C(=O)NCc2ncccn2)cc1Cl. The number of ether oxygens (including phenoxy) is 1. The Bertz CT molecular complexity index is 1280. The molecular weight excluding hydrogens is 454 g/mol. The molecule has 0 saturated heterocycles. The van der Waals surface area contributed by atoms with Crippen LogP contribution < -0.4 is 15.4 Å². The van der Waals surface area contributed by atoms with Gasteiger partial charge in [-0.1, -0.05) is 17.7 Å². The first kappa shape index (κ1) is 23.3. The zero-order chi connectivity index (χ0) is 23.9. The largest absolute Gasteiger partial charge is 0.495 e. The number of amides is 1. The molecule has 0 aliphatic rings. The number of carbonyl (C=O) groups excluding carboxylic acids is 1. The van der Waals surface area contributed by atoms with E-state index in [1.807, 2.05) is 47.2 Å². The van der Waals surface area contributed by atoms with Gasteiger partial charge < -0.3 is 25.0 Å². The molecule has 0 aliphatic carbocycles. The summed E-state index contributed by atoms with van der Waals surface area (Å²) in [7, 11) is 1.57. The van der Waals surface area contributed by atoms with Gasteiger partial charge in [0.2, 0.25) is 0 Å². The lowest BCUT2D eigenvalue weighted by atomic mass is 10.1. The van der Waals surface area contributed by atoms with Crippen molar-refractivity contribution < 1.29 is 14.6 Å². The Balaban J connectivity index is 1.60. The van der Waals surface area contributed by atoms with E-state index in [1.54, 1.807) is 37.7 Å². The molecule has 0 fully saturated rings. The second-order valence-electron chi connectivity index (χ2n) is 7.43. The molecule has 0 aliphatic heterocycles. The van der Waals surface area contributed by atoms with Gasteiger partial charge in [0, 0.05) is 42.2 Å². The second-order valence-corrected chi connectivity index (χ2v) is 7.83. The van der Waals surface area contributed by atoms with E-state index in [0.29, 0.717) is 34.4 Å². The van der Waals surface area contributed by atoms with E-state index in [4.69, 9.17) is 16.3 Å². The molecule has 0 radical (unpaired) electrons. The van der Waals surface area contributed by atoms with Crippen molar-refractivity contribution in [2.24, 2.45) is 0 Å². The molecule has 174 valence electrons. The van der Waals surface area contributed by atoms with E-state index < -0.39 is 0 Å². The number of nitrogens with zero attached hydrogens (tertiary/aromatic N) is 3. The molecule has 2 aromatic heterocycles. The maximum Gasteiger partial charge on any atom is 0.253 e. The molecule has 0 unspecified atom stereocenters. The van der Waals surface area contributed by atoms with Crippen LogP contribution in [0.15, 0.2) is 73.2 Å². The van der Waals surface area contributed by atoms with Gasteiger partial charge in [0.1, 0.15) is 11.6 Å². The van der Waals surface area contributed by atoms with E-state index >= 15 is 0 Å². The number of hydrogen-bond acceptors (Lipinski definition) is 6. The van der Waals surface area contributed by atoms with E-state index in [-0.39, 0.29) is 19.1 Å². The molecule has 1 amide bonds. The topological polar surface area (TPSA) is 101 Å². The van der Waals surface area contributed by atoms with Crippen molar-refractivity contribution >= 4 is 23.2 Å². The number of aliphatic hydroxyl groups excluding tert-OH is 1. The third-order valence-electron chi connectivity index (χ3n) is 5.25. The number of anilines is 1. The van der Waals surface area contributed by atoms with Crippen LogP contribution in [-0.2, 0) is 19.7 Å². The maximum atomic E-state index is 13.0. The van der Waals surface area contributed by atoms with Crippen LogP contribution in [0.25, 0.3) is 5.69 Å². The summed E-state index contributed by atoms with van der Waals surface area (Å²) in [5.74, 6) is 0.860. The quantitative estimate of drug-likeness (QED) is 0.337. The van der Waals surface area contributed by atoms with Crippen LogP contribution >= 0.6 is 11.6 Å². The van der Waals surface area contributed by atoms with Crippen LogP contribution in [0.5, 0.6) is 5.75 Å². The molecule has 9 heteroatoms. The summed E-state index contributed by atoms with van der Waals surface area (Å²) in [6, 6.07) is 16.4. The first-order valence-electron chi connectivity index (χ1n) is 10.6. The Hall–Kier alpha value is -3.88. The van der Waals surface area contributed by atoms with Crippen LogP contribution in [0.4, 0.5) is 5.69 Å². The normalized spacial score (nSPS) is 10.7. The molecule has 0 saturated carbocycles. The number of aromatic nitrogens is 3. The zero-order valence-corrected chi connectivity index (χ0v) is 19.3. The Morgan fingerprint density at radius 2 is 1.91 bits per heavy atom. The van der Waals surface area contributed by atoms with Crippen LogP contribution in [-0.4, -0.2) is 32.7 Å². The molecule has 0 atom stereocenters. The van der Waals surface area contributed by atoms with Crippen LogP contribution in [0.3, 0.4) is 0 Å². The lowest BCUT2D eigenvalue weighted by Crippen LogP contribution is -2.25. The van der Waals surface area contributed by atoms with E-state index in [1.165, 1.54) is 0 Å². The number of methoxy groups -OCH3 is 1. The summed E-state index contributed by atoms with van der Waals surface area (Å²) in [6.45, 7) is 0.550. The van der Waals surface area contributed by atoms with Crippen molar-refractivity contribution in [1.29, 1.82) is 0 Å². The predicted molar refractivity (Wildman–Crippen MR) is 130 cm³/mol. The smallest absolute Gasteiger partial charge is 0.253 e. The zero-order valence-electron chi connectivity index (χ0n) is 18.5. The van der Waals surface area contributed by atoms with E-state index in [2.05, 4.69) is 20.6 Å². The average molecular weight is 478 g/mol. The number of rotatable bonds is 9. The molecule has 4 aromatic rings. The standard InChI is InChI=1S/C25H24ClN5O3/c1-34-23-8-5-17(12-21(23)26)14-29-22-13-18(31-11-2-4-19(31)16-32)6-7-20(22)25(33)30-15-24-27-9-3-10-28-24/h2-13,29,32H,14-16H2,1H3,(H,30,33). The molecule has 3 N–H and O–H groups in total. The van der Waals surface area contributed by atoms with Gasteiger partial charge in [-0.05, 0) is 54.1 Å². The third-order valence-corrected chi connectivity index (χ3v) is 5.54. The average Bonchev–Trinajstić information content (AvgIpc) is 3.35. The highest BCUT2D eigenvalue weighted by atomic mass is 35.5. The highest BCUT2D eigenvalue weighted by Crippen LogP contribution is 2.27. The second kappa shape index (κ2) is 10.8. The minimum Gasteiger partial charge on any atom is -0.495 e. The summed E-state index contributed by atoms with van der Waals surface area (Å²) >= 11 is 6.26. The van der Waals surface area contributed by atoms with Gasteiger partial charge in [-0.3, -0.25) is 4.79 Å². The fraction of sp³-hybridized carbons (Fsp3) is 0.160. The van der Waals surface area contributed by atoms with Gasteiger partial charge in [0.15, 0.2) is 0 Å². The molecule has 2 aromatic carbocycles. The van der Waals surface area contributed by atoms with Crippen molar-refractivity contribution in [3.05, 3.63) is 101 Å². The highest BCUT2D eigenvalue weighted by Gasteiger charge is 2.14. The third kappa shape index (κ3) is 5.36. The van der Waals surface area contributed by atoms with Gasteiger partial charge >= 0.3 is 0 Å². The van der Waals surface area contributed by atoms with Crippen LogP contribution in [0, 0.1) is 0 Å². The molecule has 8 nitrogen and oxygen atoms in total. The van der Waals surface area contributed by atoms with Crippen molar-refractivity contribution in [3.63, 3.8) is 0 Å². The molecule has 34 heavy (non-hydrogen) atoms. The number of aliphatic hydroxyl groups is 1. The highest BCUT2D eigenvalue weighted by molar-refractivity contribution is 6.32. The fourth-order valence-electron chi connectivity index (χ4n) is 3.52. The summed E-state index contributed by atoms with van der Waals surface area (Å²) in [5, 5.41) is 16.4. The van der Waals surface area contributed by atoms with Gasteiger partial charge in [0.25, 0.3) is 5.91 Å². The summed E-state index contributed by atoms with van der Waals surface area (Å²) in [5.41, 5.74) is 3.58. The number of halogens is 1. The van der Waals surface area contributed by atoms with E-state index in [9.17, 15) is 9.90 Å². The van der Waals surface area contributed by atoms with Crippen molar-refractivity contribution in [3.8, 4) is 11.4 Å². The summed E-state index contributed by atoms with van der Waals surface area (Å²) in [6.07, 6.45) is 5.12. The Morgan fingerprint density at radius 1 is 1.09 bits per heavy atom. The predicted octanol–water partition coefficient (Wildman–Crippen LogP) is 3.96. The fourth-order valence-corrected chi connectivity index (χ4v) is 3.80. The number of benzene rings is 2. The number of carbonyl (C=O) groups is 1. The number of nitrogens with one attached hydrogen (secondary N) is 2. The lowest BCUT2D eigenvalue weighted by Gasteiger charge is -2.16. The molecule has 0 bridgehead atoms. The maximum absolute atomic E-state index is 13.0. The number of hydrogen-bond donors (Lipinski definition) is 3. The van der Waals surface area contributed by atoms with Crippen molar-refractivity contribution in [2.75, 3.05) is 12.4 Å². The first-order chi connectivity index (χ1) is 16.6. The summed E-state index contributed by atoms with van der Waals surface area (Å²) < 4.78 is 7.09. The van der Waals surface area contributed by atoms with Gasteiger partial charge in [-0.15, -0.1) is 0 Å². The minimum absolute atomic E-state index is 0.0978. The molecule has 0 spiro atoms. The van der Waals surface area contributed by atoms with Gasteiger partial charge in [0.05, 0.1) is 30.8 Å². The lowest BCUT2D eigenvalue weighted by molar-refractivity contribution is 0.0950. The Labute approximate surface area is 202 Å². The minimum atomic E-state index is -0.260.